The van der Waals surface area contributed by atoms with Crippen LogP contribution in [0, 0.1) is 5.82 Å². The van der Waals surface area contributed by atoms with Crippen molar-refractivity contribution in [2.75, 3.05) is 5.32 Å². The van der Waals surface area contributed by atoms with Crippen LogP contribution < -0.4 is 15.6 Å². The van der Waals surface area contributed by atoms with E-state index < -0.39 is 17.8 Å². The minimum Gasteiger partial charge on any atom is -0.478 e. The predicted octanol–water partition coefficient (Wildman–Crippen LogP) is 3.07. The third kappa shape index (κ3) is 3.94. The molecule has 0 spiro atoms. The standard InChI is InChI=1S/C15H14BrFN2O3/c1-2-11(22-12-6-4-3-5-10(12)17)15(21)19-13-8-7-9(16)14(20)18-13/h3-8,11H,2H2,1H3,(H2,18,19,20,21)/t11-/m0/s1. The number of ether oxygens (including phenoxy) is 1. The Morgan fingerprint density at radius 2 is 2.09 bits per heavy atom. The van der Waals surface area contributed by atoms with Gasteiger partial charge in [0.05, 0.1) is 4.47 Å². The van der Waals surface area contributed by atoms with Crippen LogP contribution in [0.1, 0.15) is 13.3 Å². The Balaban J connectivity index is 2.10. The van der Waals surface area contributed by atoms with Crippen LogP contribution in [0.5, 0.6) is 5.75 Å². The second kappa shape index (κ2) is 7.22. The number of amides is 1. The highest BCUT2D eigenvalue weighted by Gasteiger charge is 2.20. The van der Waals surface area contributed by atoms with Gasteiger partial charge in [0.2, 0.25) is 0 Å². The number of carbonyl (C=O) groups is 1. The summed E-state index contributed by atoms with van der Waals surface area (Å²) in [4.78, 5) is 26.1. The fourth-order valence-corrected chi connectivity index (χ4v) is 1.99. The zero-order chi connectivity index (χ0) is 16.1. The maximum Gasteiger partial charge on any atom is 0.266 e. The Labute approximate surface area is 134 Å². The Bertz CT molecular complexity index is 733. The van der Waals surface area contributed by atoms with E-state index >= 15 is 0 Å². The fraction of sp³-hybridized carbons (Fsp3) is 0.200. The van der Waals surface area contributed by atoms with Gasteiger partial charge in [-0.2, -0.15) is 0 Å². The van der Waals surface area contributed by atoms with E-state index in [1.54, 1.807) is 19.1 Å². The third-order valence-electron chi connectivity index (χ3n) is 2.89. The maximum absolute atomic E-state index is 13.6. The van der Waals surface area contributed by atoms with Gasteiger partial charge in [-0.25, -0.2) is 4.39 Å². The number of hydrogen-bond donors (Lipinski definition) is 2. The number of aromatic nitrogens is 1. The number of carbonyl (C=O) groups excluding carboxylic acids is 1. The summed E-state index contributed by atoms with van der Waals surface area (Å²) in [6.07, 6.45) is -0.523. The summed E-state index contributed by atoms with van der Waals surface area (Å²) < 4.78 is 19.3. The Morgan fingerprint density at radius 3 is 2.73 bits per heavy atom. The van der Waals surface area contributed by atoms with E-state index in [0.717, 1.165) is 0 Å². The van der Waals surface area contributed by atoms with Gasteiger partial charge in [0.15, 0.2) is 17.7 Å². The lowest BCUT2D eigenvalue weighted by Crippen LogP contribution is -2.33. The molecule has 7 heteroatoms. The molecule has 1 aromatic carbocycles. The number of nitrogens with one attached hydrogen (secondary N) is 2. The lowest BCUT2D eigenvalue weighted by molar-refractivity contribution is -0.122. The minimum absolute atomic E-state index is 0.00815. The molecule has 2 aromatic rings. The lowest BCUT2D eigenvalue weighted by atomic mass is 10.2. The molecule has 2 N–H and O–H groups in total. The van der Waals surface area contributed by atoms with Crippen LogP contribution in [0.3, 0.4) is 0 Å². The summed E-state index contributed by atoms with van der Waals surface area (Å²) in [6.45, 7) is 1.75. The van der Waals surface area contributed by atoms with E-state index in [1.807, 2.05) is 0 Å². The summed E-state index contributed by atoms with van der Waals surface area (Å²) >= 11 is 3.07. The Morgan fingerprint density at radius 1 is 1.36 bits per heavy atom. The number of para-hydroxylation sites is 1. The van der Waals surface area contributed by atoms with Gasteiger partial charge in [-0.3, -0.25) is 9.59 Å². The molecular weight excluding hydrogens is 355 g/mol. The normalized spacial score (nSPS) is 11.8. The first-order chi connectivity index (χ1) is 10.5. The van der Waals surface area contributed by atoms with Crippen molar-refractivity contribution in [1.82, 2.24) is 4.98 Å². The van der Waals surface area contributed by atoms with Gasteiger partial charge in [-0.05, 0) is 46.6 Å². The number of hydrogen-bond acceptors (Lipinski definition) is 3. The molecule has 0 aliphatic rings. The van der Waals surface area contributed by atoms with Crippen molar-refractivity contribution in [3.8, 4) is 5.75 Å². The molecule has 0 fully saturated rings. The Hall–Kier alpha value is -2.15. The summed E-state index contributed by atoms with van der Waals surface area (Å²) in [5.74, 6) is -0.753. The molecule has 0 saturated heterocycles. The molecule has 0 aliphatic heterocycles. The van der Waals surface area contributed by atoms with Gasteiger partial charge in [-0.15, -0.1) is 0 Å². The highest BCUT2D eigenvalue weighted by Crippen LogP contribution is 2.18. The smallest absolute Gasteiger partial charge is 0.266 e. The summed E-state index contributed by atoms with van der Waals surface area (Å²) in [5, 5.41) is 2.54. The summed E-state index contributed by atoms with van der Waals surface area (Å²) in [7, 11) is 0. The number of pyridine rings is 1. The maximum atomic E-state index is 13.6. The molecule has 1 amide bonds. The highest BCUT2D eigenvalue weighted by molar-refractivity contribution is 9.10. The number of rotatable bonds is 5. The number of H-pyrrole nitrogens is 1. The number of aromatic amines is 1. The quantitative estimate of drug-likeness (QED) is 0.851. The summed E-state index contributed by atoms with van der Waals surface area (Å²) in [6, 6.07) is 8.93. The molecule has 0 saturated carbocycles. The second-order valence-corrected chi connectivity index (χ2v) is 5.34. The molecule has 1 aromatic heterocycles. The van der Waals surface area contributed by atoms with Crippen LogP contribution in [-0.4, -0.2) is 17.0 Å². The average molecular weight is 369 g/mol. The minimum atomic E-state index is -0.871. The molecule has 22 heavy (non-hydrogen) atoms. The van der Waals surface area contributed by atoms with Gasteiger partial charge in [0.25, 0.3) is 11.5 Å². The van der Waals surface area contributed by atoms with Crippen LogP contribution in [-0.2, 0) is 4.79 Å². The average Bonchev–Trinajstić information content (AvgIpc) is 2.50. The van der Waals surface area contributed by atoms with E-state index in [9.17, 15) is 14.0 Å². The van der Waals surface area contributed by atoms with E-state index in [-0.39, 0.29) is 17.1 Å². The van der Waals surface area contributed by atoms with Crippen LogP contribution >= 0.6 is 15.9 Å². The molecule has 0 radical (unpaired) electrons. The first-order valence-electron chi connectivity index (χ1n) is 6.62. The number of halogens is 2. The number of benzene rings is 1. The van der Waals surface area contributed by atoms with Crippen molar-refractivity contribution < 1.29 is 13.9 Å². The zero-order valence-corrected chi connectivity index (χ0v) is 13.3. The first-order valence-corrected chi connectivity index (χ1v) is 7.41. The molecule has 0 aliphatic carbocycles. The van der Waals surface area contributed by atoms with E-state index in [2.05, 4.69) is 26.2 Å². The van der Waals surface area contributed by atoms with E-state index in [1.165, 1.54) is 24.3 Å². The van der Waals surface area contributed by atoms with Crippen molar-refractivity contribution in [2.45, 2.75) is 19.4 Å². The van der Waals surface area contributed by atoms with Crippen molar-refractivity contribution in [2.24, 2.45) is 0 Å². The monoisotopic (exact) mass is 368 g/mol. The molecule has 1 atom stereocenters. The molecular formula is C15H14BrFN2O3. The van der Waals surface area contributed by atoms with Gasteiger partial charge < -0.3 is 15.0 Å². The second-order valence-electron chi connectivity index (χ2n) is 4.48. The van der Waals surface area contributed by atoms with Crippen molar-refractivity contribution in [3.05, 3.63) is 57.0 Å². The molecule has 2 rings (SSSR count). The van der Waals surface area contributed by atoms with Crippen molar-refractivity contribution >= 4 is 27.7 Å². The topological polar surface area (TPSA) is 71.2 Å². The van der Waals surface area contributed by atoms with Crippen molar-refractivity contribution in [3.63, 3.8) is 0 Å². The van der Waals surface area contributed by atoms with E-state index in [4.69, 9.17) is 4.74 Å². The van der Waals surface area contributed by atoms with Crippen LogP contribution in [0.2, 0.25) is 0 Å². The largest absolute Gasteiger partial charge is 0.478 e. The number of anilines is 1. The molecule has 0 bridgehead atoms. The lowest BCUT2D eigenvalue weighted by Gasteiger charge is -2.17. The Kier molecular flexibility index (Phi) is 5.32. The molecule has 5 nitrogen and oxygen atoms in total. The van der Waals surface area contributed by atoms with Gasteiger partial charge >= 0.3 is 0 Å². The van der Waals surface area contributed by atoms with Crippen molar-refractivity contribution in [1.29, 1.82) is 0 Å². The zero-order valence-electron chi connectivity index (χ0n) is 11.7. The molecule has 116 valence electrons. The molecule has 0 unspecified atom stereocenters. The van der Waals surface area contributed by atoms with Crippen LogP contribution in [0.25, 0.3) is 0 Å². The predicted molar refractivity (Wildman–Crippen MR) is 84.5 cm³/mol. The third-order valence-corrected chi connectivity index (χ3v) is 3.51. The van der Waals surface area contributed by atoms with Gasteiger partial charge in [0.1, 0.15) is 5.82 Å². The SMILES string of the molecule is CC[C@H](Oc1ccccc1F)C(=O)Nc1ccc(Br)c(=O)[nH]1. The van der Waals surface area contributed by atoms with Gasteiger partial charge in [-0.1, -0.05) is 19.1 Å². The summed E-state index contributed by atoms with van der Waals surface area (Å²) in [5.41, 5.74) is -0.360. The van der Waals surface area contributed by atoms with Crippen LogP contribution in [0.4, 0.5) is 10.2 Å². The van der Waals surface area contributed by atoms with Crippen LogP contribution in [0.15, 0.2) is 45.7 Å². The molecule has 1 heterocycles. The fourth-order valence-electron chi connectivity index (χ4n) is 1.76. The highest BCUT2D eigenvalue weighted by atomic mass is 79.9. The van der Waals surface area contributed by atoms with E-state index in [0.29, 0.717) is 10.9 Å². The first kappa shape index (κ1) is 16.2. The van der Waals surface area contributed by atoms with Gasteiger partial charge in [0, 0.05) is 0 Å².